The van der Waals surface area contributed by atoms with E-state index in [1.165, 1.54) is 24.8 Å². The van der Waals surface area contributed by atoms with Crippen LogP contribution in [0.2, 0.25) is 0 Å². The Kier molecular flexibility index (Phi) is 5.72. The molecule has 1 N–H and O–H groups in total. The van der Waals surface area contributed by atoms with Crippen LogP contribution in [0.5, 0.6) is 0 Å². The Hall–Kier alpha value is -2.65. The first-order valence-electron chi connectivity index (χ1n) is 7.33. The van der Waals surface area contributed by atoms with E-state index in [1.54, 1.807) is 6.92 Å². The smallest absolute Gasteiger partial charge is 0.234 e. The number of carbonyl (C=O) groups is 2. The third-order valence-corrected chi connectivity index (χ3v) is 4.43. The van der Waals surface area contributed by atoms with Gasteiger partial charge in [0.15, 0.2) is 5.78 Å². The number of amides is 1. The minimum atomic E-state index is -0.173. The van der Waals surface area contributed by atoms with Gasteiger partial charge < -0.3 is 5.32 Å². The van der Waals surface area contributed by atoms with Gasteiger partial charge in [-0.1, -0.05) is 30.0 Å². The third kappa shape index (κ3) is 4.21. The molecular weight excluding hydrogens is 322 g/mol. The van der Waals surface area contributed by atoms with Crippen LogP contribution in [0.1, 0.15) is 34.1 Å². The van der Waals surface area contributed by atoms with Gasteiger partial charge in [-0.25, -0.2) is 4.98 Å². The molecule has 0 saturated carbocycles. The van der Waals surface area contributed by atoms with Crippen LogP contribution < -0.4 is 5.32 Å². The molecule has 6 heteroatoms. The highest BCUT2D eigenvalue weighted by Crippen LogP contribution is 2.23. The summed E-state index contributed by atoms with van der Waals surface area (Å²) in [5, 5.41) is 12.5. The van der Waals surface area contributed by atoms with Gasteiger partial charge in [-0.05, 0) is 38.5 Å². The van der Waals surface area contributed by atoms with Crippen molar-refractivity contribution in [2.75, 3.05) is 11.1 Å². The second kappa shape index (κ2) is 7.75. The maximum atomic E-state index is 12.1. The minimum absolute atomic E-state index is 0.134. The summed E-state index contributed by atoms with van der Waals surface area (Å²) < 4.78 is 0. The average molecular weight is 339 g/mol. The average Bonchev–Trinajstić information content (AvgIpc) is 2.54. The van der Waals surface area contributed by atoms with Gasteiger partial charge in [0.1, 0.15) is 11.1 Å². The number of rotatable bonds is 5. The number of aryl methyl sites for hydroxylation is 2. The fourth-order valence-electron chi connectivity index (χ4n) is 2.16. The third-order valence-electron chi connectivity index (χ3n) is 3.44. The molecule has 24 heavy (non-hydrogen) atoms. The molecule has 0 saturated heterocycles. The van der Waals surface area contributed by atoms with Crippen molar-refractivity contribution >= 4 is 29.1 Å². The zero-order chi connectivity index (χ0) is 17.7. The van der Waals surface area contributed by atoms with Gasteiger partial charge in [0.25, 0.3) is 0 Å². The first-order valence-corrected chi connectivity index (χ1v) is 8.32. The molecule has 1 amide bonds. The van der Waals surface area contributed by atoms with Crippen LogP contribution in [-0.2, 0) is 4.79 Å². The number of nitrogens with zero attached hydrogens (tertiary/aromatic N) is 2. The zero-order valence-electron chi connectivity index (χ0n) is 13.7. The van der Waals surface area contributed by atoms with Crippen molar-refractivity contribution in [1.29, 1.82) is 5.26 Å². The van der Waals surface area contributed by atoms with E-state index in [1.807, 2.05) is 37.3 Å². The molecule has 2 aromatic rings. The number of aromatic nitrogens is 1. The van der Waals surface area contributed by atoms with E-state index in [2.05, 4.69) is 10.3 Å². The number of benzene rings is 1. The number of ketones is 1. The lowest BCUT2D eigenvalue weighted by molar-refractivity contribution is -0.113. The summed E-state index contributed by atoms with van der Waals surface area (Å²) in [6.45, 7) is 5.07. The summed E-state index contributed by atoms with van der Waals surface area (Å²) in [5.74, 6) is -0.173. The van der Waals surface area contributed by atoms with Crippen molar-refractivity contribution in [3.63, 3.8) is 0 Å². The molecule has 0 bridgehead atoms. The van der Waals surface area contributed by atoms with Crippen molar-refractivity contribution in [1.82, 2.24) is 4.98 Å². The lowest BCUT2D eigenvalue weighted by atomic mass is 10.1. The summed E-state index contributed by atoms with van der Waals surface area (Å²) in [5.41, 5.74) is 3.04. The lowest BCUT2D eigenvalue weighted by Gasteiger charge is -2.09. The number of Topliss-reactive ketones (excluding diaryl/α,β-unsaturated/α-hetero) is 1. The SMILES string of the molecule is CC(=O)c1cc(C#N)c(SCC(=O)Nc2ccccc2C)nc1C. The highest BCUT2D eigenvalue weighted by Gasteiger charge is 2.14. The van der Waals surface area contributed by atoms with Crippen molar-refractivity contribution < 1.29 is 9.59 Å². The number of carbonyl (C=O) groups excluding carboxylic acids is 2. The number of anilines is 1. The van der Waals surface area contributed by atoms with E-state index in [9.17, 15) is 14.9 Å². The number of para-hydroxylation sites is 1. The van der Waals surface area contributed by atoms with Gasteiger partial charge >= 0.3 is 0 Å². The molecule has 122 valence electrons. The Balaban J connectivity index is 2.10. The second-order valence-corrected chi connectivity index (χ2v) is 6.26. The van der Waals surface area contributed by atoms with E-state index < -0.39 is 0 Å². The molecule has 5 nitrogen and oxygen atoms in total. The molecule has 2 rings (SSSR count). The van der Waals surface area contributed by atoms with Crippen LogP contribution in [0.3, 0.4) is 0 Å². The lowest BCUT2D eigenvalue weighted by Crippen LogP contribution is -2.15. The van der Waals surface area contributed by atoms with Crippen LogP contribution in [0.25, 0.3) is 0 Å². The number of thioether (sulfide) groups is 1. The topological polar surface area (TPSA) is 82.8 Å². The van der Waals surface area contributed by atoms with Gasteiger partial charge in [-0.15, -0.1) is 0 Å². The Morgan fingerprint density at radius 2 is 2.00 bits per heavy atom. The van der Waals surface area contributed by atoms with Crippen molar-refractivity contribution in [3.05, 3.63) is 52.7 Å². The van der Waals surface area contributed by atoms with Crippen LogP contribution in [0.4, 0.5) is 5.69 Å². The van der Waals surface area contributed by atoms with Gasteiger partial charge in [0, 0.05) is 16.9 Å². The monoisotopic (exact) mass is 339 g/mol. The predicted octanol–water partition coefficient (Wildman–Crippen LogP) is 3.50. The Labute approximate surface area is 145 Å². The summed E-state index contributed by atoms with van der Waals surface area (Å²) >= 11 is 1.18. The maximum Gasteiger partial charge on any atom is 0.234 e. The molecule has 1 aromatic heterocycles. The molecule has 0 fully saturated rings. The van der Waals surface area contributed by atoms with Gasteiger partial charge in [0.05, 0.1) is 11.3 Å². The van der Waals surface area contributed by atoms with Gasteiger partial charge in [0.2, 0.25) is 5.91 Å². The number of nitrogens with one attached hydrogen (secondary N) is 1. The van der Waals surface area contributed by atoms with Crippen LogP contribution >= 0.6 is 11.8 Å². The maximum absolute atomic E-state index is 12.1. The molecule has 0 aliphatic heterocycles. The first kappa shape index (κ1) is 17.7. The molecule has 0 spiro atoms. The molecule has 0 atom stereocenters. The Morgan fingerprint density at radius 3 is 2.62 bits per heavy atom. The van der Waals surface area contributed by atoms with E-state index >= 15 is 0 Å². The number of hydrogen-bond donors (Lipinski definition) is 1. The second-order valence-electron chi connectivity index (χ2n) is 5.29. The van der Waals surface area contributed by atoms with Crippen LogP contribution in [0.15, 0.2) is 35.4 Å². The van der Waals surface area contributed by atoms with Crippen molar-refractivity contribution in [3.8, 4) is 6.07 Å². The van der Waals surface area contributed by atoms with Crippen molar-refractivity contribution in [2.24, 2.45) is 0 Å². The van der Waals surface area contributed by atoms with Crippen molar-refractivity contribution in [2.45, 2.75) is 25.8 Å². The van der Waals surface area contributed by atoms with Gasteiger partial charge in [-0.2, -0.15) is 5.26 Å². The van der Waals surface area contributed by atoms with E-state index in [-0.39, 0.29) is 17.4 Å². The fourth-order valence-corrected chi connectivity index (χ4v) is 2.96. The Morgan fingerprint density at radius 1 is 1.29 bits per heavy atom. The minimum Gasteiger partial charge on any atom is -0.325 e. The van der Waals surface area contributed by atoms with Crippen LogP contribution in [-0.4, -0.2) is 22.4 Å². The van der Waals surface area contributed by atoms with Crippen LogP contribution in [0, 0.1) is 25.2 Å². The quantitative estimate of drug-likeness (QED) is 0.666. The normalized spacial score (nSPS) is 10.1. The predicted molar refractivity (Wildman–Crippen MR) is 94.2 cm³/mol. The highest BCUT2D eigenvalue weighted by atomic mass is 32.2. The summed E-state index contributed by atoms with van der Waals surface area (Å²) in [7, 11) is 0. The number of nitriles is 1. The van der Waals surface area contributed by atoms with Gasteiger partial charge in [-0.3, -0.25) is 9.59 Å². The Bertz CT molecular complexity index is 841. The first-order chi connectivity index (χ1) is 11.4. The summed E-state index contributed by atoms with van der Waals surface area (Å²) in [6, 6.07) is 11.1. The molecule has 1 heterocycles. The fraction of sp³-hybridized carbons (Fsp3) is 0.222. The molecule has 0 aliphatic carbocycles. The largest absolute Gasteiger partial charge is 0.325 e. The molecule has 0 unspecified atom stereocenters. The van der Waals surface area contributed by atoms with E-state index in [0.717, 1.165) is 11.3 Å². The summed E-state index contributed by atoms with van der Waals surface area (Å²) in [6.07, 6.45) is 0. The number of hydrogen-bond acceptors (Lipinski definition) is 5. The summed E-state index contributed by atoms with van der Waals surface area (Å²) in [4.78, 5) is 27.9. The standard InChI is InChI=1S/C18H17N3O2S/c1-11-6-4-5-7-16(11)21-17(23)10-24-18-14(9-19)8-15(13(3)22)12(2)20-18/h4-8H,10H2,1-3H3,(H,21,23). The molecular formula is C18H17N3O2S. The number of pyridine rings is 1. The van der Waals surface area contributed by atoms with E-state index in [4.69, 9.17) is 0 Å². The molecule has 0 aliphatic rings. The molecule has 1 aromatic carbocycles. The highest BCUT2D eigenvalue weighted by molar-refractivity contribution is 8.00. The zero-order valence-corrected chi connectivity index (χ0v) is 14.5. The molecule has 0 radical (unpaired) electrons. The van der Waals surface area contributed by atoms with E-state index in [0.29, 0.717) is 21.8 Å².